The van der Waals surface area contributed by atoms with Gasteiger partial charge in [0.2, 0.25) is 0 Å². The number of halogens is 2. The van der Waals surface area contributed by atoms with Gasteiger partial charge < -0.3 is 10.2 Å². The van der Waals surface area contributed by atoms with Crippen LogP contribution in [0.15, 0.2) is 65.2 Å². The van der Waals surface area contributed by atoms with Gasteiger partial charge >= 0.3 is 0 Å². The Labute approximate surface area is 162 Å². The van der Waals surface area contributed by atoms with Gasteiger partial charge in [-0.05, 0) is 42.0 Å². The van der Waals surface area contributed by atoms with Gasteiger partial charge in [0.15, 0.2) is 0 Å². The zero-order chi connectivity index (χ0) is 18.9. The fraction of sp³-hybridized carbons (Fsp3) is 0.250. The van der Waals surface area contributed by atoms with Crippen LogP contribution < -0.4 is 10.2 Å². The van der Waals surface area contributed by atoms with Crippen LogP contribution in [0.25, 0.3) is 0 Å². The van der Waals surface area contributed by atoms with E-state index in [0.717, 1.165) is 11.4 Å². The van der Waals surface area contributed by atoms with Crippen LogP contribution >= 0.6 is 24.0 Å². The average molecular weight is 391 g/mol. The summed E-state index contributed by atoms with van der Waals surface area (Å²) in [5, 5.41) is 3.17. The van der Waals surface area contributed by atoms with E-state index < -0.39 is 5.76 Å². The fourth-order valence-corrected chi connectivity index (χ4v) is 4.01. The summed E-state index contributed by atoms with van der Waals surface area (Å²) in [7, 11) is 2.04. The van der Waals surface area contributed by atoms with Gasteiger partial charge in [-0.2, -0.15) is 8.78 Å². The van der Waals surface area contributed by atoms with Crippen LogP contribution in [-0.2, 0) is 5.41 Å². The first kappa shape index (κ1) is 18.9. The van der Waals surface area contributed by atoms with Crippen molar-refractivity contribution in [2.45, 2.75) is 29.9 Å². The molecule has 1 N–H and O–H groups in total. The quantitative estimate of drug-likeness (QED) is 0.388. The number of alkyl halides is 2. The van der Waals surface area contributed by atoms with Crippen LogP contribution in [0.5, 0.6) is 0 Å². The number of fused-ring (bicyclic) bond motifs is 1. The van der Waals surface area contributed by atoms with E-state index in [1.165, 1.54) is 11.3 Å². The van der Waals surface area contributed by atoms with Crippen molar-refractivity contribution in [3.05, 3.63) is 65.9 Å². The number of hydrogen-bond donors (Lipinski definition) is 1. The number of rotatable bonds is 4. The van der Waals surface area contributed by atoms with Crippen molar-refractivity contribution >= 4 is 40.3 Å². The molecule has 1 aliphatic heterocycles. The number of para-hydroxylation sites is 1. The van der Waals surface area contributed by atoms with E-state index in [4.69, 9.17) is 12.2 Å². The van der Waals surface area contributed by atoms with Gasteiger partial charge in [-0.3, -0.25) is 0 Å². The molecule has 1 aliphatic rings. The minimum absolute atomic E-state index is 0.144. The number of hydrogen-bond acceptors (Lipinski definition) is 3. The number of likely N-dealkylation sites (N-methyl/N-ethyl adjacent to an activating group) is 1. The van der Waals surface area contributed by atoms with Crippen LogP contribution in [0, 0.1) is 0 Å². The second-order valence-corrected chi connectivity index (χ2v) is 8.13. The number of nitrogens with one attached hydrogen (secondary N) is 1. The monoisotopic (exact) mass is 390 g/mol. The van der Waals surface area contributed by atoms with E-state index >= 15 is 0 Å². The molecule has 2 aromatic rings. The van der Waals surface area contributed by atoms with Gasteiger partial charge in [0.05, 0.1) is 0 Å². The van der Waals surface area contributed by atoms with Crippen molar-refractivity contribution in [2.75, 3.05) is 17.3 Å². The molecule has 0 fully saturated rings. The molecule has 0 aliphatic carbocycles. The van der Waals surface area contributed by atoms with Crippen LogP contribution in [-0.4, -0.2) is 17.8 Å². The SMILES string of the molecule is CN1/C(=C/C(=S)Nc2ccc(SC(F)F)cc2)C(C)(C)c2ccccc21. The molecular weight excluding hydrogens is 370 g/mol. The molecule has 0 amide bonds. The van der Waals surface area contributed by atoms with Crippen molar-refractivity contribution in [1.29, 1.82) is 0 Å². The molecule has 0 radical (unpaired) electrons. The molecule has 0 unspecified atom stereocenters. The highest BCUT2D eigenvalue weighted by Gasteiger charge is 2.38. The maximum atomic E-state index is 12.4. The lowest BCUT2D eigenvalue weighted by Gasteiger charge is -2.24. The molecule has 2 nitrogen and oxygen atoms in total. The summed E-state index contributed by atoms with van der Waals surface area (Å²) in [6, 6.07) is 15.2. The minimum Gasteiger partial charge on any atom is -0.347 e. The molecule has 6 heteroatoms. The van der Waals surface area contributed by atoms with Crippen LogP contribution in [0.4, 0.5) is 20.2 Å². The number of nitrogens with zero attached hydrogens (tertiary/aromatic N) is 1. The molecule has 2 aromatic carbocycles. The molecule has 0 saturated heterocycles. The molecule has 1 heterocycles. The van der Waals surface area contributed by atoms with Crippen molar-refractivity contribution in [2.24, 2.45) is 0 Å². The van der Waals surface area contributed by atoms with E-state index in [1.54, 1.807) is 24.3 Å². The Hall–Kier alpha value is -1.92. The van der Waals surface area contributed by atoms with Crippen molar-refractivity contribution < 1.29 is 8.78 Å². The lowest BCUT2D eigenvalue weighted by molar-refractivity contribution is 0.252. The van der Waals surface area contributed by atoms with Gasteiger partial charge in [0, 0.05) is 34.4 Å². The first-order valence-corrected chi connectivity index (χ1v) is 9.49. The minimum atomic E-state index is -2.42. The highest BCUT2D eigenvalue weighted by molar-refractivity contribution is 7.99. The maximum absolute atomic E-state index is 12.4. The summed E-state index contributed by atoms with van der Waals surface area (Å²) in [6.45, 7) is 4.36. The highest BCUT2D eigenvalue weighted by Crippen LogP contribution is 2.46. The summed E-state index contributed by atoms with van der Waals surface area (Å²) >= 11 is 6.04. The van der Waals surface area contributed by atoms with E-state index in [1.807, 2.05) is 25.3 Å². The summed E-state index contributed by atoms with van der Waals surface area (Å²) < 4.78 is 24.8. The Morgan fingerprint density at radius 2 is 1.81 bits per heavy atom. The van der Waals surface area contributed by atoms with Crippen LogP contribution in [0.1, 0.15) is 19.4 Å². The summed E-state index contributed by atoms with van der Waals surface area (Å²) in [5.41, 5.74) is 4.20. The second kappa shape index (κ2) is 7.37. The van der Waals surface area contributed by atoms with Gasteiger partial charge in [-0.15, -0.1) is 0 Å². The molecule has 3 rings (SSSR count). The predicted octanol–water partition coefficient (Wildman–Crippen LogP) is 6.05. The summed E-state index contributed by atoms with van der Waals surface area (Å²) in [4.78, 5) is 3.27. The van der Waals surface area contributed by atoms with Gasteiger partial charge in [-0.1, -0.05) is 56.0 Å². The highest BCUT2D eigenvalue weighted by atomic mass is 32.2. The largest absolute Gasteiger partial charge is 0.347 e. The van der Waals surface area contributed by atoms with Crippen LogP contribution in [0.2, 0.25) is 0 Å². The maximum Gasteiger partial charge on any atom is 0.288 e. The summed E-state index contributed by atoms with van der Waals surface area (Å²) in [6.07, 6.45) is 1.97. The Kier molecular flexibility index (Phi) is 5.34. The van der Waals surface area contributed by atoms with E-state index in [9.17, 15) is 8.78 Å². The summed E-state index contributed by atoms with van der Waals surface area (Å²) in [5.74, 6) is -2.42. The van der Waals surface area contributed by atoms with Gasteiger partial charge in [0.25, 0.3) is 5.76 Å². The Morgan fingerprint density at radius 3 is 2.42 bits per heavy atom. The third-order valence-electron chi connectivity index (χ3n) is 4.56. The molecule has 136 valence electrons. The van der Waals surface area contributed by atoms with E-state index in [0.29, 0.717) is 21.6 Å². The molecule has 0 aromatic heterocycles. The van der Waals surface area contributed by atoms with Crippen LogP contribution in [0.3, 0.4) is 0 Å². The standard InChI is InChI=1S/C20H20F2N2S2/c1-20(2)15-6-4-5-7-16(15)24(3)17(20)12-18(25)23-13-8-10-14(11-9-13)26-19(21)22/h4-12,19H,1-3H3,(H,23,25)/b17-12+. The molecule has 26 heavy (non-hydrogen) atoms. The Bertz CT molecular complexity index is 845. The molecule has 0 bridgehead atoms. The van der Waals surface area contributed by atoms with E-state index in [2.05, 4.69) is 36.2 Å². The average Bonchev–Trinajstić information content (AvgIpc) is 2.78. The zero-order valence-electron chi connectivity index (χ0n) is 14.8. The number of allylic oxidation sites excluding steroid dienone is 1. The second-order valence-electron chi connectivity index (χ2n) is 6.62. The smallest absolute Gasteiger partial charge is 0.288 e. The molecular formula is C20H20F2N2S2. The predicted molar refractivity (Wildman–Crippen MR) is 110 cm³/mol. The first-order valence-electron chi connectivity index (χ1n) is 8.20. The zero-order valence-corrected chi connectivity index (χ0v) is 16.4. The van der Waals surface area contributed by atoms with Crippen molar-refractivity contribution in [3.8, 4) is 0 Å². The number of thiocarbonyl (C=S) groups is 1. The normalized spacial score (nSPS) is 16.8. The topological polar surface area (TPSA) is 15.3 Å². The number of benzene rings is 2. The molecule has 0 saturated carbocycles. The Morgan fingerprint density at radius 1 is 1.15 bits per heavy atom. The van der Waals surface area contributed by atoms with Crippen molar-refractivity contribution in [1.82, 2.24) is 0 Å². The van der Waals surface area contributed by atoms with E-state index in [-0.39, 0.29) is 5.41 Å². The lowest BCUT2D eigenvalue weighted by atomic mass is 9.84. The number of anilines is 2. The molecule has 0 atom stereocenters. The van der Waals surface area contributed by atoms with Crippen molar-refractivity contribution in [3.63, 3.8) is 0 Å². The van der Waals surface area contributed by atoms with Gasteiger partial charge in [0.1, 0.15) is 4.99 Å². The Balaban J connectivity index is 1.77. The lowest BCUT2D eigenvalue weighted by Crippen LogP contribution is -2.24. The molecule has 0 spiro atoms. The third-order valence-corrected chi connectivity index (χ3v) is 5.50. The third kappa shape index (κ3) is 3.76. The fourth-order valence-electron chi connectivity index (χ4n) is 3.28. The first-order chi connectivity index (χ1) is 12.3. The van der Waals surface area contributed by atoms with Gasteiger partial charge in [-0.25, -0.2) is 0 Å². The number of thioether (sulfide) groups is 1.